The molecule has 0 spiro atoms. The van der Waals surface area contributed by atoms with Crippen LogP contribution in [-0.4, -0.2) is 36.9 Å². The van der Waals surface area contributed by atoms with Crippen molar-refractivity contribution in [3.05, 3.63) is 74.6 Å². The molecular weight excluding hydrogens is 474 g/mol. The van der Waals surface area contributed by atoms with Gasteiger partial charge in [0.1, 0.15) is 11.3 Å². The second-order valence-corrected chi connectivity index (χ2v) is 9.40. The lowest BCUT2D eigenvalue weighted by atomic mass is 9.99. The van der Waals surface area contributed by atoms with Gasteiger partial charge >= 0.3 is 0 Å². The minimum Gasteiger partial charge on any atom is -0.493 e. The van der Waals surface area contributed by atoms with Crippen molar-refractivity contribution in [3.8, 4) is 5.75 Å². The second-order valence-electron chi connectivity index (χ2n) is 9.40. The van der Waals surface area contributed by atoms with Gasteiger partial charge in [-0.3, -0.25) is 9.59 Å². The van der Waals surface area contributed by atoms with Crippen LogP contribution in [0.2, 0.25) is 0 Å². The summed E-state index contributed by atoms with van der Waals surface area (Å²) in [5, 5.41) is 0.487. The minimum absolute atomic E-state index is 0. The first kappa shape index (κ1) is 29.6. The number of para-hydroxylation sites is 1. The predicted molar refractivity (Wildman–Crippen MR) is 150 cm³/mol. The molecule has 0 saturated heterocycles. The molecule has 0 unspecified atom stereocenters. The normalized spacial score (nSPS) is 11.1. The molecule has 0 aliphatic carbocycles. The standard InChI is InChI=1S/C30H39NO4.ClH/c1-6-8-15-31(16-9-7-2)17-12-18-34-29-21(3)19-24(20-22(29)4)28(33)30-23(5)27(32)25-13-10-11-14-26(25)35-30;/h10-11,13-14,19-20H,6-9,12,15-18H2,1-5H3;1H. The van der Waals surface area contributed by atoms with E-state index in [-0.39, 0.29) is 29.4 Å². The molecule has 36 heavy (non-hydrogen) atoms. The maximum absolute atomic E-state index is 13.3. The highest BCUT2D eigenvalue weighted by Gasteiger charge is 2.21. The Morgan fingerprint density at radius 2 is 1.50 bits per heavy atom. The van der Waals surface area contributed by atoms with Crippen molar-refractivity contribution in [2.24, 2.45) is 0 Å². The van der Waals surface area contributed by atoms with Gasteiger partial charge in [-0.2, -0.15) is 0 Å². The van der Waals surface area contributed by atoms with Crippen molar-refractivity contribution < 1.29 is 13.9 Å². The summed E-state index contributed by atoms with van der Waals surface area (Å²) in [5.41, 5.74) is 2.90. The van der Waals surface area contributed by atoms with Gasteiger partial charge in [-0.1, -0.05) is 38.8 Å². The van der Waals surface area contributed by atoms with Gasteiger partial charge < -0.3 is 14.1 Å². The summed E-state index contributed by atoms with van der Waals surface area (Å²) >= 11 is 0. The molecule has 3 aromatic rings. The number of hydrogen-bond acceptors (Lipinski definition) is 5. The van der Waals surface area contributed by atoms with E-state index in [1.165, 1.54) is 25.7 Å². The van der Waals surface area contributed by atoms with E-state index in [0.717, 1.165) is 42.9 Å². The molecule has 0 aliphatic rings. The largest absolute Gasteiger partial charge is 0.493 e. The van der Waals surface area contributed by atoms with E-state index in [9.17, 15) is 9.59 Å². The summed E-state index contributed by atoms with van der Waals surface area (Å²) in [6.07, 6.45) is 5.86. The zero-order valence-corrected chi connectivity index (χ0v) is 23.1. The molecule has 196 valence electrons. The Morgan fingerprint density at radius 3 is 2.11 bits per heavy atom. The Labute approximate surface area is 221 Å². The van der Waals surface area contributed by atoms with Crippen LogP contribution in [0.25, 0.3) is 11.0 Å². The Bertz CT molecular complexity index is 1190. The number of aryl methyl sites for hydroxylation is 2. The lowest BCUT2D eigenvalue weighted by Crippen LogP contribution is -2.28. The molecule has 6 heteroatoms. The van der Waals surface area contributed by atoms with Crippen molar-refractivity contribution in [3.63, 3.8) is 0 Å². The van der Waals surface area contributed by atoms with Crippen LogP contribution in [-0.2, 0) is 0 Å². The summed E-state index contributed by atoms with van der Waals surface area (Å²) in [5.74, 6) is 0.637. The molecule has 1 heterocycles. The van der Waals surface area contributed by atoms with Crippen LogP contribution < -0.4 is 10.2 Å². The number of carbonyl (C=O) groups is 1. The van der Waals surface area contributed by atoms with Gasteiger partial charge in [0.15, 0.2) is 11.2 Å². The fraction of sp³-hybridized carbons (Fsp3) is 0.467. The van der Waals surface area contributed by atoms with Crippen LogP contribution in [0.3, 0.4) is 0 Å². The van der Waals surface area contributed by atoms with Crippen molar-refractivity contribution in [2.45, 2.75) is 66.7 Å². The Hall–Kier alpha value is -2.63. The predicted octanol–water partition coefficient (Wildman–Crippen LogP) is 7.04. The number of carbonyl (C=O) groups excluding carboxylic acids is 1. The summed E-state index contributed by atoms with van der Waals surface area (Å²) in [4.78, 5) is 28.6. The Balaban J connectivity index is 0.00000456. The van der Waals surface area contributed by atoms with E-state index in [1.807, 2.05) is 26.0 Å². The van der Waals surface area contributed by atoms with Gasteiger partial charge in [0.05, 0.1) is 12.0 Å². The number of benzene rings is 2. The second kappa shape index (κ2) is 14.2. The Morgan fingerprint density at radius 1 is 0.917 bits per heavy atom. The van der Waals surface area contributed by atoms with Gasteiger partial charge in [0.25, 0.3) is 0 Å². The number of halogens is 1. The summed E-state index contributed by atoms with van der Waals surface area (Å²) in [7, 11) is 0. The van der Waals surface area contributed by atoms with Gasteiger partial charge in [0.2, 0.25) is 5.78 Å². The molecule has 0 atom stereocenters. The third-order valence-corrected chi connectivity index (χ3v) is 6.47. The molecule has 0 aliphatic heterocycles. The van der Waals surface area contributed by atoms with Gasteiger partial charge in [-0.15, -0.1) is 12.4 Å². The minimum atomic E-state index is -0.286. The van der Waals surface area contributed by atoms with Crippen LogP contribution in [0.4, 0.5) is 0 Å². The van der Waals surface area contributed by atoms with Gasteiger partial charge in [-0.05, 0) is 88.5 Å². The lowest BCUT2D eigenvalue weighted by molar-refractivity contribution is 0.101. The third kappa shape index (κ3) is 7.21. The van der Waals surface area contributed by atoms with Gasteiger partial charge in [0, 0.05) is 17.7 Å². The number of hydrogen-bond donors (Lipinski definition) is 0. The smallest absolute Gasteiger partial charge is 0.228 e. The van der Waals surface area contributed by atoms with E-state index in [4.69, 9.17) is 9.15 Å². The Kier molecular flexibility index (Phi) is 11.7. The molecule has 0 N–H and O–H groups in total. The van der Waals surface area contributed by atoms with Crippen molar-refractivity contribution in [1.29, 1.82) is 0 Å². The number of nitrogens with zero attached hydrogens (tertiary/aromatic N) is 1. The molecule has 1 aromatic heterocycles. The van der Waals surface area contributed by atoms with Gasteiger partial charge in [-0.25, -0.2) is 0 Å². The highest BCUT2D eigenvalue weighted by atomic mass is 35.5. The van der Waals surface area contributed by atoms with Crippen LogP contribution >= 0.6 is 12.4 Å². The first-order valence-corrected chi connectivity index (χ1v) is 12.9. The number of unbranched alkanes of at least 4 members (excludes halogenated alkanes) is 2. The van der Waals surface area contributed by atoms with Crippen LogP contribution in [0, 0.1) is 20.8 Å². The lowest BCUT2D eigenvalue weighted by Gasteiger charge is -2.22. The third-order valence-electron chi connectivity index (χ3n) is 6.47. The topological polar surface area (TPSA) is 59.8 Å². The van der Waals surface area contributed by atoms with Crippen molar-refractivity contribution >= 4 is 29.2 Å². The molecular formula is C30H40ClNO4. The zero-order chi connectivity index (χ0) is 25.4. The molecule has 3 rings (SSSR count). The van der Waals surface area contributed by atoms with Crippen LogP contribution in [0.15, 0.2) is 45.6 Å². The van der Waals surface area contributed by atoms with E-state index < -0.39 is 0 Å². The highest BCUT2D eigenvalue weighted by molar-refractivity contribution is 6.09. The van der Waals surface area contributed by atoms with E-state index in [1.54, 1.807) is 31.2 Å². The number of rotatable bonds is 13. The maximum Gasteiger partial charge on any atom is 0.228 e. The molecule has 2 aromatic carbocycles. The first-order chi connectivity index (χ1) is 16.9. The van der Waals surface area contributed by atoms with Crippen LogP contribution in [0.1, 0.15) is 78.8 Å². The SMILES string of the molecule is CCCCN(CCCC)CCCOc1c(C)cc(C(=O)c2oc3ccccc3c(=O)c2C)cc1C.Cl. The van der Waals surface area contributed by atoms with E-state index >= 15 is 0 Å². The number of fused-ring (bicyclic) bond motifs is 1. The van der Waals surface area contributed by atoms with E-state index in [2.05, 4.69) is 18.7 Å². The van der Waals surface area contributed by atoms with E-state index in [0.29, 0.717) is 28.7 Å². The van der Waals surface area contributed by atoms with Crippen LogP contribution in [0.5, 0.6) is 5.75 Å². The number of ether oxygens (including phenoxy) is 1. The average molecular weight is 514 g/mol. The molecule has 0 radical (unpaired) electrons. The maximum atomic E-state index is 13.3. The molecule has 0 bridgehead atoms. The fourth-order valence-corrected chi connectivity index (χ4v) is 4.45. The molecule has 0 saturated carbocycles. The molecule has 5 nitrogen and oxygen atoms in total. The van der Waals surface area contributed by atoms with Crippen molar-refractivity contribution in [1.82, 2.24) is 4.90 Å². The molecule has 0 amide bonds. The summed E-state index contributed by atoms with van der Waals surface area (Å²) in [6.45, 7) is 14.0. The first-order valence-electron chi connectivity index (χ1n) is 12.9. The highest BCUT2D eigenvalue weighted by Crippen LogP contribution is 2.27. The molecule has 0 fully saturated rings. The quantitative estimate of drug-likeness (QED) is 0.181. The summed E-state index contributed by atoms with van der Waals surface area (Å²) in [6, 6.07) is 10.7. The van der Waals surface area contributed by atoms with Crippen molar-refractivity contribution in [2.75, 3.05) is 26.2 Å². The number of ketones is 1. The average Bonchev–Trinajstić information content (AvgIpc) is 2.85. The monoisotopic (exact) mass is 513 g/mol. The zero-order valence-electron chi connectivity index (χ0n) is 22.3. The fourth-order valence-electron chi connectivity index (χ4n) is 4.45. The summed E-state index contributed by atoms with van der Waals surface area (Å²) < 4.78 is 12.0.